The van der Waals surface area contributed by atoms with Crippen molar-refractivity contribution in [3.8, 4) is 0 Å². The van der Waals surface area contributed by atoms with Crippen LogP contribution in [-0.2, 0) is 11.3 Å². The van der Waals surface area contributed by atoms with Crippen LogP contribution in [0.3, 0.4) is 0 Å². The number of nitrogens with two attached hydrogens (primary N) is 1. The molecule has 138 valence electrons. The number of halogens is 1. The van der Waals surface area contributed by atoms with Gasteiger partial charge < -0.3 is 15.6 Å². The SMILES string of the molecule is CCC(C)C(N)C(=O)Nc1cccc(Cn2ccnc2C(C)C)c1.Cl. The van der Waals surface area contributed by atoms with E-state index in [-0.39, 0.29) is 24.2 Å². The summed E-state index contributed by atoms with van der Waals surface area (Å²) >= 11 is 0. The molecule has 5 nitrogen and oxygen atoms in total. The number of nitrogens with one attached hydrogen (secondary N) is 1. The first-order valence-corrected chi connectivity index (χ1v) is 8.58. The minimum Gasteiger partial charge on any atom is -0.330 e. The zero-order valence-electron chi connectivity index (χ0n) is 15.4. The lowest BCUT2D eigenvalue weighted by molar-refractivity contribution is -0.118. The van der Waals surface area contributed by atoms with Crippen LogP contribution in [0.5, 0.6) is 0 Å². The van der Waals surface area contributed by atoms with Gasteiger partial charge in [0.25, 0.3) is 0 Å². The van der Waals surface area contributed by atoms with Crippen molar-refractivity contribution in [3.05, 3.63) is 48.0 Å². The van der Waals surface area contributed by atoms with E-state index in [0.717, 1.165) is 30.0 Å². The van der Waals surface area contributed by atoms with Crippen LogP contribution in [0, 0.1) is 5.92 Å². The molecule has 2 rings (SSSR count). The van der Waals surface area contributed by atoms with E-state index in [2.05, 4.69) is 28.7 Å². The predicted octanol–water partition coefficient (Wildman–Crippen LogP) is 3.79. The summed E-state index contributed by atoms with van der Waals surface area (Å²) in [7, 11) is 0. The Morgan fingerprint density at radius 1 is 1.32 bits per heavy atom. The summed E-state index contributed by atoms with van der Waals surface area (Å²) in [6.45, 7) is 9.02. The van der Waals surface area contributed by atoms with E-state index in [1.807, 2.05) is 50.5 Å². The van der Waals surface area contributed by atoms with E-state index >= 15 is 0 Å². The molecule has 0 aliphatic carbocycles. The van der Waals surface area contributed by atoms with Gasteiger partial charge in [0.2, 0.25) is 5.91 Å². The molecule has 2 atom stereocenters. The Bertz CT molecular complexity index is 684. The average Bonchev–Trinajstić information content (AvgIpc) is 3.02. The van der Waals surface area contributed by atoms with Gasteiger partial charge in [-0.3, -0.25) is 4.79 Å². The molecule has 6 heteroatoms. The third-order valence-corrected chi connectivity index (χ3v) is 4.37. The van der Waals surface area contributed by atoms with Crippen molar-refractivity contribution < 1.29 is 4.79 Å². The highest BCUT2D eigenvalue weighted by Crippen LogP contribution is 2.17. The third-order valence-electron chi connectivity index (χ3n) is 4.37. The lowest BCUT2D eigenvalue weighted by Gasteiger charge is -2.18. The summed E-state index contributed by atoms with van der Waals surface area (Å²) in [5.41, 5.74) is 7.89. The van der Waals surface area contributed by atoms with Gasteiger partial charge in [0, 0.05) is 30.5 Å². The Hall–Kier alpha value is -1.85. The molecule has 25 heavy (non-hydrogen) atoms. The summed E-state index contributed by atoms with van der Waals surface area (Å²) in [4.78, 5) is 16.6. The molecule has 1 heterocycles. The van der Waals surface area contributed by atoms with E-state index in [1.54, 1.807) is 0 Å². The van der Waals surface area contributed by atoms with Gasteiger partial charge in [0.1, 0.15) is 5.82 Å². The van der Waals surface area contributed by atoms with Crippen LogP contribution in [0.25, 0.3) is 0 Å². The maximum atomic E-state index is 12.2. The molecule has 0 aliphatic rings. The highest BCUT2D eigenvalue weighted by Gasteiger charge is 2.19. The van der Waals surface area contributed by atoms with E-state index in [0.29, 0.717) is 5.92 Å². The quantitative estimate of drug-likeness (QED) is 0.785. The van der Waals surface area contributed by atoms with Crippen molar-refractivity contribution in [2.45, 2.75) is 52.6 Å². The first-order chi connectivity index (χ1) is 11.4. The summed E-state index contributed by atoms with van der Waals surface area (Å²) in [5.74, 6) is 1.46. The summed E-state index contributed by atoms with van der Waals surface area (Å²) < 4.78 is 2.14. The van der Waals surface area contributed by atoms with E-state index in [9.17, 15) is 4.79 Å². The Morgan fingerprint density at radius 3 is 2.68 bits per heavy atom. The molecule has 0 fully saturated rings. The standard InChI is InChI=1S/C19H28N4O.ClH/c1-5-14(4)17(20)19(24)22-16-8-6-7-15(11-16)12-23-10-9-21-18(23)13(2)3;/h6-11,13-14,17H,5,12,20H2,1-4H3,(H,22,24);1H. The van der Waals surface area contributed by atoms with Gasteiger partial charge >= 0.3 is 0 Å². The highest BCUT2D eigenvalue weighted by molar-refractivity contribution is 5.94. The fourth-order valence-electron chi connectivity index (χ4n) is 2.64. The first-order valence-electron chi connectivity index (χ1n) is 8.58. The van der Waals surface area contributed by atoms with E-state index in [1.165, 1.54) is 0 Å². The Morgan fingerprint density at radius 2 is 2.04 bits per heavy atom. The molecule has 1 aromatic carbocycles. The number of imidazole rings is 1. The van der Waals surface area contributed by atoms with Crippen molar-refractivity contribution in [2.75, 3.05) is 5.32 Å². The molecule has 2 aromatic rings. The molecule has 3 N–H and O–H groups in total. The molecule has 0 bridgehead atoms. The number of hydrogen-bond donors (Lipinski definition) is 2. The summed E-state index contributed by atoms with van der Waals surface area (Å²) in [6, 6.07) is 7.40. The Kier molecular flexibility index (Phi) is 8.13. The van der Waals surface area contributed by atoms with Crippen LogP contribution in [-0.4, -0.2) is 21.5 Å². The maximum Gasteiger partial charge on any atom is 0.241 e. The highest BCUT2D eigenvalue weighted by atomic mass is 35.5. The number of hydrogen-bond acceptors (Lipinski definition) is 3. The van der Waals surface area contributed by atoms with Crippen LogP contribution in [0.15, 0.2) is 36.7 Å². The van der Waals surface area contributed by atoms with Crippen LogP contribution in [0.4, 0.5) is 5.69 Å². The number of rotatable bonds is 7. The molecule has 1 amide bonds. The van der Waals surface area contributed by atoms with Gasteiger partial charge in [-0.15, -0.1) is 12.4 Å². The van der Waals surface area contributed by atoms with Gasteiger partial charge in [0.15, 0.2) is 0 Å². The lowest BCUT2D eigenvalue weighted by atomic mass is 9.99. The number of carbonyl (C=O) groups excluding carboxylic acids is 1. The van der Waals surface area contributed by atoms with Gasteiger partial charge in [-0.2, -0.15) is 0 Å². The molecule has 1 aromatic heterocycles. The topological polar surface area (TPSA) is 72.9 Å². The second kappa shape index (κ2) is 9.59. The first kappa shape index (κ1) is 21.2. The molecule has 2 unspecified atom stereocenters. The number of aromatic nitrogens is 2. The van der Waals surface area contributed by atoms with Crippen molar-refractivity contribution in [1.82, 2.24) is 9.55 Å². The number of nitrogens with zero attached hydrogens (tertiary/aromatic N) is 2. The zero-order valence-corrected chi connectivity index (χ0v) is 16.2. The smallest absolute Gasteiger partial charge is 0.241 e. The monoisotopic (exact) mass is 364 g/mol. The average molecular weight is 365 g/mol. The van der Waals surface area contributed by atoms with Crippen LogP contribution in [0.2, 0.25) is 0 Å². The number of anilines is 1. The summed E-state index contributed by atoms with van der Waals surface area (Å²) in [5, 5.41) is 2.93. The second-order valence-corrected chi connectivity index (χ2v) is 6.67. The van der Waals surface area contributed by atoms with Crippen molar-refractivity contribution in [1.29, 1.82) is 0 Å². The number of carbonyl (C=O) groups is 1. The van der Waals surface area contributed by atoms with Crippen molar-refractivity contribution in [3.63, 3.8) is 0 Å². The molecular formula is C19H29ClN4O. The van der Waals surface area contributed by atoms with E-state index < -0.39 is 6.04 Å². The van der Waals surface area contributed by atoms with Gasteiger partial charge in [-0.05, 0) is 23.6 Å². The Labute approximate surface area is 156 Å². The predicted molar refractivity (Wildman–Crippen MR) is 105 cm³/mol. The van der Waals surface area contributed by atoms with Crippen LogP contribution >= 0.6 is 12.4 Å². The van der Waals surface area contributed by atoms with Crippen molar-refractivity contribution in [2.24, 2.45) is 11.7 Å². The second-order valence-electron chi connectivity index (χ2n) is 6.67. The van der Waals surface area contributed by atoms with Crippen molar-refractivity contribution >= 4 is 24.0 Å². The molecule has 0 spiro atoms. The normalized spacial score (nSPS) is 13.2. The number of amides is 1. The molecule has 0 saturated carbocycles. The fraction of sp³-hybridized carbons (Fsp3) is 0.474. The summed E-state index contributed by atoms with van der Waals surface area (Å²) in [6.07, 6.45) is 4.69. The van der Waals surface area contributed by atoms with Gasteiger partial charge in [-0.1, -0.05) is 46.2 Å². The molecule has 0 aliphatic heterocycles. The maximum absolute atomic E-state index is 12.2. The third kappa shape index (κ3) is 5.58. The fourth-order valence-corrected chi connectivity index (χ4v) is 2.64. The zero-order chi connectivity index (χ0) is 17.7. The molecular weight excluding hydrogens is 336 g/mol. The Balaban J connectivity index is 0.00000312. The molecule has 0 radical (unpaired) electrons. The van der Waals surface area contributed by atoms with Crippen LogP contribution < -0.4 is 11.1 Å². The van der Waals surface area contributed by atoms with Gasteiger partial charge in [-0.25, -0.2) is 4.98 Å². The minimum atomic E-state index is -0.486. The lowest BCUT2D eigenvalue weighted by Crippen LogP contribution is -2.40. The van der Waals surface area contributed by atoms with E-state index in [4.69, 9.17) is 5.73 Å². The molecule has 0 saturated heterocycles. The number of benzene rings is 1. The van der Waals surface area contributed by atoms with Crippen LogP contribution in [0.1, 0.15) is 51.4 Å². The largest absolute Gasteiger partial charge is 0.330 e. The minimum absolute atomic E-state index is 0. The van der Waals surface area contributed by atoms with Gasteiger partial charge in [0.05, 0.1) is 6.04 Å².